The van der Waals surface area contributed by atoms with E-state index in [1.54, 1.807) is 11.8 Å². The van der Waals surface area contributed by atoms with Crippen LogP contribution in [0, 0.1) is 5.41 Å². The van der Waals surface area contributed by atoms with Gasteiger partial charge in [0.05, 0.1) is 5.41 Å². The zero-order valence-corrected chi connectivity index (χ0v) is 10.5. The van der Waals surface area contributed by atoms with E-state index >= 15 is 0 Å². The molecule has 1 aliphatic rings. The van der Waals surface area contributed by atoms with E-state index in [1.807, 2.05) is 6.08 Å². The lowest BCUT2D eigenvalue weighted by Gasteiger charge is -2.11. The van der Waals surface area contributed by atoms with E-state index in [0.717, 1.165) is 11.5 Å². The maximum atomic E-state index is 11.3. The second kappa shape index (κ2) is 6.54. The first-order valence-electron chi connectivity index (χ1n) is 5.54. The second-order valence-electron chi connectivity index (χ2n) is 4.06. The number of urea groups is 1. The molecule has 0 aromatic heterocycles. The number of carboxylic acids is 1. The first-order chi connectivity index (χ1) is 8.10. The molecule has 1 aliphatic carbocycles. The minimum atomic E-state index is -0.820. The van der Waals surface area contributed by atoms with Crippen LogP contribution >= 0.6 is 11.8 Å². The van der Waals surface area contributed by atoms with Crippen LogP contribution in [-0.4, -0.2) is 41.7 Å². The molecule has 1 fully saturated rings. The fourth-order valence-corrected chi connectivity index (χ4v) is 1.91. The minimum absolute atomic E-state index is 0.216. The number of hydrogen-bond donors (Lipinski definition) is 3. The zero-order valence-electron chi connectivity index (χ0n) is 9.70. The highest BCUT2D eigenvalue weighted by Crippen LogP contribution is 2.45. The molecule has 5 nitrogen and oxygen atoms in total. The van der Waals surface area contributed by atoms with Crippen LogP contribution in [0.25, 0.3) is 0 Å². The Morgan fingerprint density at radius 3 is 2.65 bits per heavy atom. The average molecular weight is 258 g/mol. The van der Waals surface area contributed by atoms with Gasteiger partial charge in [-0.1, -0.05) is 6.08 Å². The molecule has 0 atom stereocenters. The second-order valence-corrected chi connectivity index (χ2v) is 5.21. The molecule has 6 heteroatoms. The summed E-state index contributed by atoms with van der Waals surface area (Å²) in [4.78, 5) is 22.2. The highest BCUT2D eigenvalue weighted by molar-refractivity contribution is 7.99. The molecule has 0 radical (unpaired) electrons. The van der Waals surface area contributed by atoms with Crippen molar-refractivity contribution in [2.75, 3.05) is 24.6 Å². The molecule has 96 valence electrons. The maximum Gasteiger partial charge on any atom is 0.314 e. The van der Waals surface area contributed by atoms with E-state index in [4.69, 9.17) is 5.11 Å². The number of carbonyl (C=O) groups excluding carboxylic acids is 1. The van der Waals surface area contributed by atoms with Crippen molar-refractivity contribution in [1.29, 1.82) is 0 Å². The molecule has 0 bridgehead atoms. The number of nitrogens with one attached hydrogen (secondary N) is 2. The lowest BCUT2D eigenvalue weighted by molar-refractivity contribution is -0.143. The van der Waals surface area contributed by atoms with Crippen LogP contribution in [0.5, 0.6) is 0 Å². The number of hydrogen-bond acceptors (Lipinski definition) is 3. The van der Waals surface area contributed by atoms with Crippen molar-refractivity contribution in [3.8, 4) is 0 Å². The lowest BCUT2D eigenvalue weighted by atomic mass is 10.1. The van der Waals surface area contributed by atoms with Gasteiger partial charge in [0.25, 0.3) is 0 Å². The monoisotopic (exact) mass is 258 g/mol. The topological polar surface area (TPSA) is 78.4 Å². The molecule has 17 heavy (non-hydrogen) atoms. The van der Waals surface area contributed by atoms with Crippen LogP contribution in [0.4, 0.5) is 4.79 Å². The number of carboxylic acid groups (broad SMARTS) is 1. The molecule has 0 unspecified atom stereocenters. The summed E-state index contributed by atoms with van der Waals surface area (Å²) in [7, 11) is 0. The molecule has 1 saturated carbocycles. The van der Waals surface area contributed by atoms with Gasteiger partial charge < -0.3 is 15.7 Å². The Morgan fingerprint density at radius 2 is 2.12 bits per heavy atom. The summed E-state index contributed by atoms with van der Waals surface area (Å²) in [6, 6.07) is -0.295. The third-order valence-electron chi connectivity index (χ3n) is 2.66. The van der Waals surface area contributed by atoms with Crippen molar-refractivity contribution in [2.45, 2.75) is 12.8 Å². The Bertz CT molecular complexity index is 303. The molecule has 0 aliphatic heterocycles. The van der Waals surface area contributed by atoms with Crippen LogP contribution in [0.1, 0.15) is 12.8 Å². The summed E-state index contributed by atoms with van der Waals surface area (Å²) in [6.07, 6.45) is 3.12. The minimum Gasteiger partial charge on any atom is -0.481 e. The first kappa shape index (κ1) is 13.9. The number of thioether (sulfide) groups is 1. The molecule has 0 aromatic rings. The van der Waals surface area contributed by atoms with Gasteiger partial charge in [-0.2, -0.15) is 11.8 Å². The van der Waals surface area contributed by atoms with Gasteiger partial charge in [0.15, 0.2) is 0 Å². The van der Waals surface area contributed by atoms with Crippen LogP contribution in [0.15, 0.2) is 12.7 Å². The Kier molecular flexibility index (Phi) is 5.34. The highest BCUT2D eigenvalue weighted by atomic mass is 32.2. The van der Waals surface area contributed by atoms with Crippen LogP contribution in [0.2, 0.25) is 0 Å². The lowest BCUT2D eigenvalue weighted by Crippen LogP contribution is -2.41. The quantitative estimate of drug-likeness (QED) is 0.449. The molecule has 0 saturated heterocycles. The van der Waals surface area contributed by atoms with Crippen molar-refractivity contribution >= 4 is 23.8 Å². The highest BCUT2D eigenvalue weighted by Gasteiger charge is 2.50. The van der Waals surface area contributed by atoms with E-state index in [-0.39, 0.29) is 12.6 Å². The van der Waals surface area contributed by atoms with Crippen molar-refractivity contribution in [1.82, 2.24) is 10.6 Å². The van der Waals surface area contributed by atoms with Crippen molar-refractivity contribution in [2.24, 2.45) is 5.41 Å². The summed E-state index contributed by atoms with van der Waals surface area (Å²) in [5.41, 5.74) is -0.699. The van der Waals surface area contributed by atoms with E-state index < -0.39 is 11.4 Å². The van der Waals surface area contributed by atoms with Gasteiger partial charge in [-0.05, 0) is 12.8 Å². The van der Waals surface area contributed by atoms with E-state index in [2.05, 4.69) is 17.2 Å². The van der Waals surface area contributed by atoms with E-state index in [0.29, 0.717) is 19.4 Å². The molecular formula is C11H18N2O3S. The summed E-state index contributed by atoms with van der Waals surface area (Å²) < 4.78 is 0. The number of rotatable bonds is 8. The molecule has 0 heterocycles. The molecular weight excluding hydrogens is 240 g/mol. The molecule has 0 aromatic carbocycles. The Labute approximate surface area is 105 Å². The summed E-state index contributed by atoms with van der Waals surface area (Å²) in [5.74, 6) is 0.869. The van der Waals surface area contributed by atoms with Crippen molar-refractivity contribution < 1.29 is 14.7 Å². The zero-order chi connectivity index (χ0) is 12.7. The van der Waals surface area contributed by atoms with Gasteiger partial charge in [-0.25, -0.2) is 4.79 Å². The normalized spacial score (nSPS) is 16.0. The van der Waals surface area contributed by atoms with Crippen LogP contribution in [0.3, 0.4) is 0 Å². The van der Waals surface area contributed by atoms with Gasteiger partial charge in [0.2, 0.25) is 0 Å². The maximum absolute atomic E-state index is 11.3. The van der Waals surface area contributed by atoms with Gasteiger partial charge in [0, 0.05) is 24.6 Å². The predicted molar refractivity (Wildman–Crippen MR) is 68.2 cm³/mol. The third-order valence-corrected chi connectivity index (χ3v) is 3.63. The van der Waals surface area contributed by atoms with E-state index in [1.165, 1.54) is 0 Å². The molecule has 0 spiro atoms. The molecule has 3 N–H and O–H groups in total. The first-order valence-corrected chi connectivity index (χ1v) is 6.70. The smallest absolute Gasteiger partial charge is 0.314 e. The summed E-state index contributed by atoms with van der Waals surface area (Å²) >= 11 is 1.68. The predicted octanol–water partition coefficient (Wildman–Crippen LogP) is 1.07. The van der Waals surface area contributed by atoms with Crippen LogP contribution < -0.4 is 10.6 Å². The number of carbonyl (C=O) groups is 2. The molecule has 1 rings (SSSR count). The Balaban J connectivity index is 2.06. The standard InChI is InChI=1S/C11H18N2O3S/c1-2-6-17-7-5-12-10(16)13-8-11(3-4-11)9(14)15/h2H,1,3-8H2,(H,14,15)(H2,12,13,16). The largest absolute Gasteiger partial charge is 0.481 e. The third kappa shape index (κ3) is 4.68. The molecule has 2 amide bonds. The fraction of sp³-hybridized carbons (Fsp3) is 0.636. The Morgan fingerprint density at radius 1 is 1.41 bits per heavy atom. The van der Waals surface area contributed by atoms with Gasteiger partial charge in [-0.3, -0.25) is 4.79 Å². The van der Waals surface area contributed by atoms with Gasteiger partial charge >= 0.3 is 12.0 Å². The SMILES string of the molecule is C=CCSCCNC(=O)NCC1(C(=O)O)CC1. The van der Waals surface area contributed by atoms with Crippen molar-refractivity contribution in [3.05, 3.63) is 12.7 Å². The summed E-state index contributed by atoms with van der Waals surface area (Å²) in [6.45, 7) is 4.39. The van der Waals surface area contributed by atoms with Gasteiger partial charge in [-0.15, -0.1) is 6.58 Å². The van der Waals surface area contributed by atoms with Gasteiger partial charge in [0.1, 0.15) is 0 Å². The van der Waals surface area contributed by atoms with Crippen molar-refractivity contribution in [3.63, 3.8) is 0 Å². The number of aliphatic carboxylic acids is 1. The average Bonchev–Trinajstić information content (AvgIpc) is 3.07. The summed E-state index contributed by atoms with van der Waals surface area (Å²) in [5, 5.41) is 14.2. The number of amides is 2. The Hall–Kier alpha value is -1.17. The van der Waals surface area contributed by atoms with E-state index in [9.17, 15) is 9.59 Å². The van der Waals surface area contributed by atoms with Crippen LogP contribution in [-0.2, 0) is 4.79 Å². The fourth-order valence-electron chi connectivity index (χ4n) is 1.33.